The third-order valence-electron chi connectivity index (χ3n) is 3.69. The molecule has 14 heteroatoms. The molecule has 4 N–H and O–H groups in total. The van der Waals surface area contributed by atoms with Gasteiger partial charge in [-0.25, -0.2) is 8.78 Å². The van der Waals surface area contributed by atoms with E-state index < -0.39 is 83.6 Å². The summed E-state index contributed by atoms with van der Waals surface area (Å²) in [4.78, 5) is 57.8. The molecular formula is C17H17F4N3O7. The van der Waals surface area contributed by atoms with Crippen LogP contribution in [0.1, 0.15) is 13.3 Å². The lowest BCUT2D eigenvalue weighted by Gasteiger charge is -2.19. The summed E-state index contributed by atoms with van der Waals surface area (Å²) in [6.45, 7) is -0.136. The van der Waals surface area contributed by atoms with Crippen LogP contribution in [0.5, 0.6) is 5.75 Å². The van der Waals surface area contributed by atoms with E-state index in [1.165, 1.54) is 0 Å². The van der Waals surface area contributed by atoms with Gasteiger partial charge in [-0.05, 0) is 6.92 Å². The van der Waals surface area contributed by atoms with Crippen molar-refractivity contribution in [3.05, 3.63) is 29.3 Å². The monoisotopic (exact) mass is 451 g/mol. The van der Waals surface area contributed by atoms with Crippen molar-refractivity contribution in [2.45, 2.75) is 25.4 Å². The van der Waals surface area contributed by atoms with Gasteiger partial charge in [-0.15, -0.1) is 0 Å². The molecule has 0 bridgehead atoms. The van der Waals surface area contributed by atoms with Crippen molar-refractivity contribution in [3.63, 3.8) is 0 Å². The van der Waals surface area contributed by atoms with E-state index in [-0.39, 0.29) is 6.07 Å². The molecule has 0 aliphatic heterocycles. The van der Waals surface area contributed by atoms with Crippen LogP contribution in [0.25, 0.3) is 0 Å². The second-order valence-corrected chi connectivity index (χ2v) is 5.99. The highest BCUT2D eigenvalue weighted by Gasteiger charge is 2.29. The van der Waals surface area contributed by atoms with E-state index in [2.05, 4.69) is 4.74 Å². The molecule has 0 fully saturated rings. The van der Waals surface area contributed by atoms with Gasteiger partial charge < -0.3 is 25.8 Å². The normalized spacial score (nSPS) is 12.3. The molecule has 2 atom stereocenters. The lowest BCUT2D eigenvalue weighted by Crippen LogP contribution is -2.53. The molecule has 31 heavy (non-hydrogen) atoms. The Balaban J connectivity index is 2.89. The fourth-order valence-electron chi connectivity index (χ4n) is 2.08. The van der Waals surface area contributed by atoms with Crippen LogP contribution in [0.15, 0.2) is 6.07 Å². The lowest BCUT2D eigenvalue weighted by atomic mass is 10.1. The highest BCUT2D eigenvalue weighted by molar-refractivity contribution is 6.35. The number of nitrogens with one attached hydrogen (secondary N) is 3. The van der Waals surface area contributed by atoms with Crippen LogP contribution in [0.2, 0.25) is 0 Å². The summed E-state index contributed by atoms with van der Waals surface area (Å²) in [6.07, 6.45) is -0.994. The Hall–Kier alpha value is -3.71. The Morgan fingerprint density at radius 1 is 1.00 bits per heavy atom. The first-order valence-corrected chi connectivity index (χ1v) is 8.42. The zero-order valence-corrected chi connectivity index (χ0v) is 16.1. The van der Waals surface area contributed by atoms with Gasteiger partial charge in [-0.2, -0.15) is 8.78 Å². The largest absolute Gasteiger partial charge is 0.481 e. The first-order valence-electron chi connectivity index (χ1n) is 8.42. The summed E-state index contributed by atoms with van der Waals surface area (Å²) < 4.78 is 58.0. The Kier molecular flexibility index (Phi) is 8.90. The molecule has 170 valence electrons. The maximum absolute atomic E-state index is 13.6. The number of ketones is 1. The average molecular weight is 451 g/mol. The summed E-state index contributed by atoms with van der Waals surface area (Å²) in [5.74, 6) is -15.1. The molecule has 0 aliphatic carbocycles. The topological polar surface area (TPSA) is 151 Å². The van der Waals surface area contributed by atoms with Crippen molar-refractivity contribution in [1.82, 2.24) is 16.0 Å². The third-order valence-corrected chi connectivity index (χ3v) is 3.69. The van der Waals surface area contributed by atoms with Crippen LogP contribution in [-0.2, 0) is 24.0 Å². The van der Waals surface area contributed by atoms with Gasteiger partial charge in [0, 0.05) is 13.1 Å². The summed E-state index contributed by atoms with van der Waals surface area (Å²) >= 11 is 0. The molecule has 1 aromatic rings. The SMILES string of the molecule is CNC(=O)C(=O)N[C@@H](C)C(=O)N[C@@H](CC(=O)O)C(=O)COc1c(F)c(F)cc(F)c1F. The molecule has 0 radical (unpaired) electrons. The zero-order chi connectivity index (χ0) is 23.9. The minimum atomic E-state index is -1.92. The number of benzene rings is 1. The van der Waals surface area contributed by atoms with Gasteiger partial charge in [0.2, 0.25) is 17.5 Å². The van der Waals surface area contributed by atoms with Crippen molar-refractivity contribution < 1.29 is 51.4 Å². The molecule has 3 amide bonds. The second kappa shape index (κ2) is 10.9. The standard InChI is InChI=1S/C17H17F4N3O7/c1-6(23-17(30)16(29)22-2)15(28)24-9(4-11(26)27)10(25)5-31-14-12(20)7(18)3-8(19)13(14)21/h3,6,9H,4-5H2,1-2H3,(H,22,29)(H,23,30)(H,24,28)(H,26,27)/t6-,9-/m0/s1. The minimum absolute atomic E-state index is 0.0821. The average Bonchev–Trinajstić information content (AvgIpc) is 2.70. The number of likely N-dealkylation sites (N-methyl/N-ethyl adjacent to an activating group) is 1. The molecule has 1 aromatic carbocycles. The molecule has 0 heterocycles. The molecular weight excluding hydrogens is 434 g/mol. The van der Waals surface area contributed by atoms with Crippen LogP contribution in [0, 0.1) is 23.3 Å². The summed E-state index contributed by atoms with van der Waals surface area (Å²) in [7, 11) is 1.16. The number of rotatable bonds is 9. The Labute approximate surface area is 171 Å². The zero-order valence-electron chi connectivity index (χ0n) is 16.1. The number of carbonyl (C=O) groups is 5. The third kappa shape index (κ3) is 6.94. The quantitative estimate of drug-likeness (QED) is 0.222. The number of hydrogen-bond acceptors (Lipinski definition) is 6. The highest BCUT2D eigenvalue weighted by Crippen LogP contribution is 2.26. The van der Waals surface area contributed by atoms with Crippen molar-refractivity contribution in [1.29, 1.82) is 0 Å². The molecule has 0 unspecified atom stereocenters. The van der Waals surface area contributed by atoms with E-state index in [0.29, 0.717) is 0 Å². The van der Waals surface area contributed by atoms with E-state index in [1.807, 2.05) is 16.0 Å². The molecule has 0 saturated carbocycles. The van der Waals surface area contributed by atoms with Gasteiger partial charge in [0.1, 0.15) is 18.7 Å². The van der Waals surface area contributed by atoms with E-state index in [1.54, 1.807) is 0 Å². The number of amides is 3. The van der Waals surface area contributed by atoms with E-state index in [9.17, 15) is 41.5 Å². The Morgan fingerprint density at radius 3 is 2.03 bits per heavy atom. The number of carbonyl (C=O) groups excluding carboxylic acids is 4. The number of ether oxygens (including phenoxy) is 1. The van der Waals surface area contributed by atoms with Crippen LogP contribution >= 0.6 is 0 Å². The van der Waals surface area contributed by atoms with Crippen LogP contribution in [0.3, 0.4) is 0 Å². The molecule has 0 aliphatic rings. The smallest absolute Gasteiger partial charge is 0.309 e. The van der Waals surface area contributed by atoms with Crippen molar-refractivity contribution in [2.24, 2.45) is 0 Å². The first kappa shape index (κ1) is 25.3. The fourth-order valence-corrected chi connectivity index (χ4v) is 2.08. The van der Waals surface area contributed by atoms with Gasteiger partial charge in [0.05, 0.1) is 6.42 Å². The van der Waals surface area contributed by atoms with Gasteiger partial charge in [0.15, 0.2) is 23.2 Å². The minimum Gasteiger partial charge on any atom is -0.481 e. The lowest BCUT2D eigenvalue weighted by molar-refractivity contribution is -0.141. The molecule has 10 nitrogen and oxygen atoms in total. The Bertz CT molecular complexity index is 884. The number of halogens is 4. The fraction of sp³-hybridized carbons (Fsp3) is 0.353. The molecule has 1 rings (SSSR count). The second-order valence-electron chi connectivity index (χ2n) is 5.99. The van der Waals surface area contributed by atoms with E-state index in [0.717, 1.165) is 14.0 Å². The van der Waals surface area contributed by atoms with Crippen molar-refractivity contribution >= 4 is 29.5 Å². The summed E-state index contributed by atoms with van der Waals surface area (Å²) in [5.41, 5.74) is 0. The summed E-state index contributed by atoms with van der Waals surface area (Å²) in [6, 6.07) is -3.27. The van der Waals surface area contributed by atoms with E-state index >= 15 is 0 Å². The van der Waals surface area contributed by atoms with Gasteiger partial charge in [-0.1, -0.05) is 0 Å². The first-order chi connectivity index (χ1) is 14.4. The predicted octanol–water partition coefficient (Wildman–Crippen LogP) is -0.599. The molecule has 0 spiro atoms. The number of carboxylic acid groups (broad SMARTS) is 1. The molecule has 0 aromatic heterocycles. The van der Waals surface area contributed by atoms with Gasteiger partial charge in [0.25, 0.3) is 0 Å². The van der Waals surface area contributed by atoms with Crippen molar-refractivity contribution in [2.75, 3.05) is 13.7 Å². The Morgan fingerprint density at radius 2 is 1.55 bits per heavy atom. The number of aliphatic carboxylic acids is 1. The van der Waals surface area contributed by atoms with Gasteiger partial charge >= 0.3 is 17.8 Å². The number of hydrogen-bond donors (Lipinski definition) is 4. The van der Waals surface area contributed by atoms with E-state index in [4.69, 9.17) is 5.11 Å². The van der Waals surface area contributed by atoms with Crippen molar-refractivity contribution in [3.8, 4) is 5.75 Å². The maximum Gasteiger partial charge on any atom is 0.309 e. The predicted molar refractivity (Wildman–Crippen MR) is 92.6 cm³/mol. The number of carboxylic acids is 1. The highest BCUT2D eigenvalue weighted by atomic mass is 19.2. The van der Waals surface area contributed by atoms with Crippen LogP contribution in [0.4, 0.5) is 17.6 Å². The van der Waals surface area contributed by atoms with Crippen LogP contribution < -0.4 is 20.7 Å². The maximum atomic E-state index is 13.6. The number of Topliss-reactive ketones (excluding diaryl/α,β-unsaturated/α-hetero) is 1. The van der Waals surface area contributed by atoms with Crippen LogP contribution in [-0.4, -0.2) is 60.3 Å². The summed E-state index contributed by atoms with van der Waals surface area (Å²) in [5, 5.41) is 14.8. The van der Waals surface area contributed by atoms with Gasteiger partial charge in [-0.3, -0.25) is 24.0 Å². The molecule has 0 saturated heterocycles.